The molecule has 2 rings (SSSR count). The zero-order valence-corrected chi connectivity index (χ0v) is 8.67. The molecule has 1 heterocycles. The van der Waals surface area contributed by atoms with E-state index in [1.807, 2.05) is 6.07 Å². The lowest BCUT2D eigenvalue weighted by Gasteiger charge is -2.00. The van der Waals surface area contributed by atoms with Crippen molar-refractivity contribution in [2.45, 2.75) is 25.3 Å². The molecule has 1 unspecified atom stereocenters. The van der Waals surface area contributed by atoms with Gasteiger partial charge in [-0.2, -0.15) is 0 Å². The van der Waals surface area contributed by atoms with E-state index in [2.05, 4.69) is 11.1 Å². The third-order valence-electron chi connectivity index (χ3n) is 2.52. The smallest absolute Gasteiger partial charge is 0.0661 e. The highest BCUT2D eigenvalue weighted by Crippen LogP contribution is 2.27. The second-order valence-corrected chi connectivity index (χ2v) is 4.11. The standard InChI is InChI=1S/C11H13ClN2/c12-11-7-14-4-3-9(11)5-8-1-2-10(13)6-8/h3-5,7,10H,1-2,6,13H2/b8-5-. The average molecular weight is 209 g/mol. The minimum Gasteiger partial charge on any atom is -0.327 e. The van der Waals surface area contributed by atoms with Crippen LogP contribution in [0.25, 0.3) is 6.08 Å². The molecule has 0 saturated heterocycles. The molecule has 74 valence electrons. The molecule has 1 aliphatic carbocycles. The summed E-state index contributed by atoms with van der Waals surface area (Å²) in [6.07, 6.45) is 8.75. The quantitative estimate of drug-likeness (QED) is 0.771. The zero-order valence-electron chi connectivity index (χ0n) is 7.91. The van der Waals surface area contributed by atoms with E-state index in [0.29, 0.717) is 11.1 Å². The Balaban J connectivity index is 2.21. The Labute approximate surface area is 88.8 Å². The Morgan fingerprint density at radius 3 is 3.07 bits per heavy atom. The summed E-state index contributed by atoms with van der Waals surface area (Å²) >= 11 is 6.00. The molecule has 1 aromatic heterocycles. The predicted molar refractivity (Wildman–Crippen MR) is 59.1 cm³/mol. The highest BCUT2D eigenvalue weighted by Gasteiger charge is 2.15. The van der Waals surface area contributed by atoms with Crippen molar-refractivity contribution in [3.63, 3.8) is 0 Å². The molecule has 2 N–H and O–H groups in total. The monoisotopic (exact) mass is 208 g/mol. The van der Waals surface area contributed by atoms with Crippen LogP contribution in [0.2, 0.25) is 5.02 Å². The number of pyridine rings is 1. The molecule has 0 bridgehead atoms. The third kappa shape index (κ3) is 2.14. The highest BCUT2D eigenvalue weighted by molar-refractivity contribution is 6.31. The minimum atomic E-state index is 0.335. The molecular formula is C11H13ClN2. The van der Waals surface area contributed by atoms with Crippen molar-refractivity contribution in [2.24, 2.45) is 5.73 Å². The maximum Gasteiger partial charge on any atom is 0.0661 e. The van der Waals surface area contributed by atoms with Crippen molar-refractivity contribution in [1.29, 1.82) is 0 Å². The van der Waals surface area contributed by atoms with E-state index in [0.717, 1.165) is 24.8 Å². The summed E-state index contributed by atoms with van der Waals surface area (Å²) in [6, 6.07) is 2.26. The van der Waals surface area contributed by atoms with E-state index in [1.165, 1.54) is 5.57 Å². The lowest BCUT2D eigenvalue weighted by atomic mass is 10.1. The second kappa shape index (κ2) is 4.11. The largest absolute Gasteiger partial charge is 0.327 e. The summed E-state index contributed by atoms with van der Waals surface area (Å²) in [5.74, 6) is 0. The molecular weight excluding hydrogens is 196 g/mol. The lowest BCUT2D eigenvalue weighted by Crippen LogP contribution is -2.13. The van der Waals surface area contributed by atoms with Gasteiger partial charge in [-0.1, -0.05) is 23.3 Å². The molecule has 0 spiro atoms. The van der Waals surface area contributed by atoms with Crippen molar-refractivity contribution in [1.82, 2.24) is 4.98 Å². The van der Waals surface area contributed by atoms with Gasteiger partial charge in [-0.15, -0.1) is 0 Å². The first kappa shape index (κ1) is 9.69. The van der Waals surface area contributed by atoms with Crippen LogP contribution in [0.5, 0.6) is 0 Å². The Morgan fingerprint density at radius 1 is 1.57 bits per heavy atom. The van der Waals surface area contributed by atoms with Gasteiger partial charge in [0.1, 0.15) is 0 Å². The molecule has 1 aromatic rings. The fraction of sp³-hybridized carbons (Fsp3) is 0.364. The van der Waals surface area contributed by atoms with Crippen LogP contribution in [0.4, 0.5) is 0 Å². The number of hydrogen-bond acceptors (Lipinski definition) is 2. The van der Waals surface area contributed by atoms with Crippen LogP contribution in [0, 0.1) is 0 Å². The third-order valence-corrected chi connectivity index (χ3v) is 2.84. The van der Waals surface area contributed by atoms with Gasteiger partial charge in [0.25, 0.3) is 0 Å². The molecule has 0 aromatic carbocycles. The van der Waals surface area contributed by atoms with E-state index in [-0.39, 0.29) is 0 Å². The van der Waals surface area contributed by atoms with E-state index < -0.39 is 0 Å². The van der Waals surface area contributed by atoms with Gasteiger partial charge in [0.05, 0.1) is 5.02 Å². The van der Waals surface area contributed by atoms with Crippen LogP contribution in [-0.4, -0.2) is 11.0 Å². The number of nitrogens with zero attached hydrogens (tertiary/aromatic N) is 1. The molecule has 0 aliphatic heterocycles. The van der Waals surface area contributed by atoms with Gasteiger partial charge >= 0.3 is 0 Å². The molecule has 1 atom stereocenters. The lowest BCUT2D eigenvalue weighted by molar-refractivity contribution is 0.711. The van der Waals surface area contributed by atoms with Crippen molar-refractivity contribution < 1.29 is 0 Å². The molecule has 14 heavy (non-hydrogen) atoms. The van der Waals surface area contributed by atoms with Gasteiger partial charge in [0.15, 0.2) is 0 Å². The van der Waals surface area contributed by atoms with Crippen LogP contribution in [0.15, 0.2) is 24.0 Å². The summed E-state index contributed by atoms with van der Waals surface area (Å²) in [6.45, 7) is 0. The fourth-order valence-electron chi connectivity index (χ4n) is 1.77. The van der Waals surface area contributed by atoms with E-state index >= 15 is 0 Å². The summed E-state index contributed by atoms with van der Waals surface area (Å²) in [5, 5.41) is 0.709. The molecule has 0 radical (unpaired) electrons. The summed E-state index contributed by atoms with van der Waals surface area (Å²) in [4.78, 5) is 3.95. The molecule has 3 heteroatoms. The van der Waals surface area contributed by atoms with Gasteiger partial charge in [-0.3, -0.25) is 4.98 Å². The normalized spacial score (nSPS) is 24.4. The highest BCUT2D eigenvalue weighted by atomic mass is 35.5. The van der Waals surface area contributed by atoms with Crippen LogP contribution in [-0.2, 0) is 0 Å². The number of halogens is 1. The van der Waals surface area contributed by atoms with Crippen molar-refractivity contribution >= 4 is 17.7 Å². The van der Waals surface area contributed by atoms with E-state index in [4.69, 9.17) is 17.3 Å². The maximum atomic E-state index is 6.00. The number of nitrogens with two attached hydrogens (primary N) is 1. The van der Waals surface area contributed by atoms with Gasteiger partial charge in [-0.05, 0) is 30.9 Å². The number of hydrogen-bond donors (Lipinski definition) is 1. The SMILES string of the molecule is NC1CC/C(=C/c2ccncc2Cl)C1. The Kier molecular flexibility index (Phi) is 2.85. The summed E-state index contributed by atoms with van der Waals surface area (Å²) < 4.78 is 0. The number of rotatable bonds is 1. The molecule has 2 nitrogen and oxygen atoms in total. The van der Waals surface area contributed by atoms with Gasteiger partial charge < -0.3 is 5.73 Å². The molecule has 1 fully saturated rings. The topological polar surface area (TPSA) is 38.9 Å². The average Bonchev–Trinajstić information content (AvgIpc) is 2.56. The Morgan fingerprint density at radius 2 is 2.43 bits per heavy atom. The van der Waals surface area contributed by atoms with Crippen molar-refractivity contribution in [3.8, 4) is 0 Å². The van der Waals surface area contributed by atoms with Gasteiger partial charge in [0, 0.05) is 18.4 Å². The van der Waals surface area contributed by atoms with Crippen molar-refractivity contribution in [3.05, 3.63) is 34.6 Å². The summed E-state index contributed by atoms with van der Waals surface area (Å²) in [5.41, 5.74) is 8.27. The number of aromatic nitrogens is 1. The molecule has 1 aliphatic rings. The molecule has 1 saturated carbocycles. The van der Waals surface area contributed by atoms with Crippen LogP contribution in [0.1, 0.15) is 24.8 Å². The van der Waals surface area contributed by atoms with Gasteiger partial charge in [-0.25, -0.2) is 0 Å². The Bertz CT molecular complexity index is 360. The first-order chi connectivity index (χ1) is 6.75. The first-order valence-electron chi connectivity index (χ1n) is 4.80. The Hall–Kier alpha value is -0.860. The van der Waals surface area contributed by atoms with E-state index in [9.17, 15) is 0 Å². The van der Waals surface area contributed by atoms with Crippen LogP contribution >= 0.6 is 11.6 Å². The second-order valence-electron chi connectivity index (χ2n) is 3.70. The van der Waals surface area contributed by atoms with Gasteiger partial charge in [0.2, 0.25) is 0 Å². The summed E-state index contributed by atoms with van der Waals surface area (Å²) in [7, 11) is 0. The maximum absolute atomic E-state index is 6.00. The van der Waals surface area contributed by atoms with E-state index in [1.54, 1.807) is 12.4 Å². The predicted octanol–water partition coefficient (Wildman–Crippen LogP) is 2.63. The van der Waals surface area contributed by atoms with Crippen LogP contribution < -0.4 is 5.73 Å². The molecule has 0 amide bonds. The van der Waals surface area contributed by atoms with Crippen LogP contribution in [0.3, 0.4) is 0 Å². The minimum absolute atomic E-state index is 0.335. The first-order valence-corrected chi connectivity index (χ1v) is 5.18. The van der Waals surface area contributed by atoms with Crippen molar-refractivity contribution in [2.75, 3.05) is 0 Å². The zero-order chi connectivity index (χ0) is 9.97. The fourth-order valence-corrected chi connectivity index (χ4v) is 1.94.